The summed E-state index contributed by atoms with van der Waals surface area (Å²) in [6.45, 7) is 62.2. The van der Waals surface area contributed by atoms with Crippen molar-refractivity contribution in [3.05, 3.63) is 41.6 Å². The lowest BCUT2D eigenvalue weighted by atomic mass is 10.1. The molecule has 0 saturated carbocycles. The van der Waals surface area contributed by atoms with Gasteiger partial charge in [0, 0.05) is 22.3 Å². The molecule has 0 amide bonds. The van der Waals surface area contributed by atoms with Crippen LogP contribution >= 0.6 is 0 Å². The van der Waals surface area contributed by atoms with Gasteiger partial charge in [0.25, 0.3) is 0 Å². The van der Waals surface area contributed by atoms with Crippen LogP contribution in [-0.4, -0.2) is 78.8 Å². The molecule has 0 nitrogen and oxygen atoms in total. The second-order valence-corrected chi connectivity index (χ2v) is 80.7. The predicted octanol–water partition coefficient (Wildman–Crippen LogP) is 14.6. The van der Waals surface area contributed by atoms with Gasteiger partial charge in [-0.15, -0.1) is 22.2 Å². The Labute approximate surface area is 371 Å². The Morgan fingerprint density at radius 2 is 0.431 bits per heavy atom. The number of hydrogen-bond acceptors (Lipinski definition) is 0. The third kappa shape index (κ3) is 8.67. The Bertz CT molecular complexity index is 1720. The molecule has 0 aliphatic carbocycles. The standard InChI is InChI=1S/C48H88Si10/c1-25-55(26-2)37-33-41-43(47(51(15,16)17)53(21,22)45(41)49(9,10)11)35-39-57(29-5,30-6)58(31-7,32-8)40-36-44-42(34-38-56(55,27-3)28-4)46(50(12,13)14)54(23,24)48(44)52(18,19)20/h25-32H2,1-24H3. The van der Waals surface area contributed by atoms with Crippen LogP contribution in [0.5, 0.6) is 0 Å². The van der Waals surface area contributed by atoms with E-state index >= 15 is 0 Å². The number of rotatable bonds is 12. The van der Waals surface area contributed by atoms with Crippen LogP contribution in [0, 0.1) is 45.9 Å². The molecule has 0 unspecified atom stereocenters. The van der Waals surface area contributed by atoms with E-state index in [0.717, 1.165) is 0 Å². The minimum atomic E-state index is -2.16. The molecule has 0 aromatic heterocycles. The summed E-state index contributed by atoms with van der Waals surface area (Å²) in [4.78, 5) is 7.23. The van der Waals surface area contributed by atoms with Crippen LogP contribution in [0.4, 0.5) is 0 Å². The van der Waals surface area contributed by atoms with E-state index in [4.69, 9.17) is 0 Å². The molecule has 0 atom stereocenters. The fourth-order valence-electron chi connectivity index (χ4n) is 13.4. The summed E-state index contributed by atoms with van der Waals surface area (Å²) in [6, 6.07) is 9.61. The molecule has 58 heavy (non-hydrogen) atoms. The average Bonchev–Trinajstić information content (AvgIpc) is 3.49. The highest BCUT2D eigenvalue weighted by atomic mass is 29.3. The molecular weight excluding hydrogens is 857 g/mol. The molecule has 3 heterocycles. The molecule has 0 N–H and O–H groups in total. The van der Waals surface area contributed by atoms with E-state index in [1.807, 2.05) is 19.3 Å². The molecular formula is C48H88Si10. The summed E-state index contributed by atoms with van der Waals surface area (Å²) in [5.41, 5.74) is 23.6. The Balaban J connectivity index is 2.95. The first-order chi connectivity index (χ1) is 26.3. The first kappa shape index (κ1) is 51.7. The Morgan fingerprint density at radius 1 is 0.293 bits per heavy atom. The highest BCUT2D eigenvalue weighted by Gasteiger charge is 2.55. The lowest BCUT2D eigenvalue weighted by molar-refractivity contribution is 1.25. The van der Waals surface area contributed by atoms with E-state index in [1.165, 1.54) is 70.6 Å². The van der Waals surface area contributed by atoms with Crippen LogP contribution in [0.1, 0.15) is 55.4 Å². The fraction of sp³-hybridized carbons (Fsp3) is 0.667. The molecule has 3 aliphatic heterocycles. The van der Waals surface area contributed by atoms with Crippen LogP contribution in [0.15, 0.2) is 41.6 Å². The van der Waals surface area contributed by atoms with Gasteiger partial charge in [-0.05, 0) is 0 Å². The SMILES string of the molecule is CC[Si]1(CC)C#CC2=C([Si](C)(C)C)[Si](C)(C)C([Si](C)(C)C)=C2C#C[Si](CC)(CC)[Si](CC)(CC)C#CC2=C([Si](C)(C)C)[Si](C)(C)C([Si](C)(C)C)=C2C#C[Si]1(CC)CC. The maximum absolute atomic E-state index is 4.46. The van der Waals surface area contributed by atoms with Gasteiger partial charge in [0.2, 0.25) is 0 Å². The highest BCUT2D eigenvalue weighted by molar-refractivity contribution is 7.49. The van der Waals surface area contributed by atoms with Crippen molar-refractivity contribution in [2.45, 2.75) is 208 Å². The number of allylic oxidation sites excluding steroid dienone is 4. The number of hydrogen-bond donors (Lipinski definition) is 0. The topological polar surface area (TPSA) is 0 Å². The molecule has 320 valence electrons. The van der Waals surface area contributed by atoms with Crippen molar-refractivity contribution in [3.8, 4) is 45.9 Å². The molecule has 0 aromatic carbocycles. The van der Waals surface area contributed by atoms with E-state index in [0.29, 0.717) is 0 Å². The summed E-state index contributed by atoms with van der Waals surface area (Å²) in [5, 5.41) is 0. The van der Waals surface area contributed by atoms with Crippen molar-refractivity contribution in [2.75, 3.05) is 0 Å². The normalized spacial score (nSPS) is 22.2. The fourth-order valence-corrected chi connectivity index (χ4v) is 84.2. The second kappa shape index (κ2) is 17.5. The Kier molecular flexibility index (Phi) is 15.6. The first-order valence-corrected chi connectivity index (χ1v) is 55.1. The van der Waals surface area contributed by atoms with Crippen molar-refractivity contribution in [1.82, 2.24) is 0 Å². The summed E-state index contributed by atoms with van der Waals surface area (Å²) >= 11 is 0. The zero-order chi connectivity index (χ0) is 44.9. The van der Waals surface area contributed by atoms with Gasteiger partial charge in [0.15, 0.2) is 0 Å². The van der Waals surface area contributed by atoms with Gasteiger partial charge in [-0.1, -0.05) is 251 Å². The largest absolute Gasteiger partial charge is 0.144 e. The van der Waals surface area contributed by atoms with E-state index in [9.17, 15) is 0 Å². The summed E-state index contributed by atoms with van der Waals surface area (Å²) in [7, 11) is -19.6. The van der Waals surface area contributed by atoms with Crippen molar-refractivity contribution in [1.29, 1.82) is 0 Å². The maximum atomic E-state index is 4.46. The summed E-state index contributed by atoms with van der Waals surface area (Å²) in [6.07, 6.45) is 0. The quantitative estimate of drug-likeness (QED) is 0.135. The van der Waals surface area contributed by atoms with Crippen LogP contribution in [0.3, 0.4) is 0 Å². The molecule has 0 fully saturated rings. The third-order valence-corrected chi connectivity index (χ3v) is 81.6. The molecule has 3 aliphatic rings. The molecule has 0 aromatic rings. The molecule has 10 heteroatoms. The van der Waals surface area contributed by atoms with Crippen LogP contribution in [0.25, 0.3) is 0 Å². The molecule has 0 radical (unpaired) electrons. The van der Waals surface area contributed by atoms with Gasteiger partial charge in [-0.2, -0.15) is 0 Å². The Morgan fingerprint density at radius 3 is 0.534 bits per heavy atom. The minimum Gasteiger partial charge on any atom is -0.128 e. The second-order valence-electron chi connectivity index (χ2n) is 23.4. The van der Waals surface area contributed by atoms with Gasteiger partial charge >= 0.3 is 0 Å². The van der Waals surface area contributed by atoms with Crippen LogP contribution < -0.4 is 0 Å². The zero-order valence-electron chi connectivity index (χ0n) is 42.7. The molecule has 0 saturated heterocycles. The van der Waals surface area contributed by atoms with Gasteiger partial charge in [-0.3, -0.25) is 0 Å². The van der Waals surface area contributed by atoms with Gasteiger partial charge < -0.3 is 0 Å². The van der Waals surface area contributed by atoms with Crippen molar-refractivity contribution in [2.24, 2.45) is 0 Å². The minimum absolute atomic E-state index is 1.20. The summed E-state index contributed by atoms with van der Waals surface area (Å²) < 4.78 is 0. The predicted molar refractivity (Wildman–Crippen MR) is 294 cm³/mol. The monoisotopic (exact) mass is 944 g/mol. The molecule has 0 spiro atoms. The molecule has 0 bridgehead atoms. The average molecular weight is 946 g/mol. The van der Waals surface area contributed by atoms with E-state index in [1.54, 1.807) is 0 Å². The van der Waals surface area contributed by atoms with E-state index in [2.05, 4.69) is 206 Å². The highest BCUT2D eigenvalue weighted by Crippen LogP contribution is 2.49. The number of fused-ring (bicyclic) bond motifs is 2. The van der Waals surface area contributed by atoms with E-state index < -0.39 is 78.8 Å². The zero-order valence-corrected chi connectivity index (χ0v) is 52.7. The van der Waals surface area contributed by atoms with Crippen LogP contribution in [0.2, 0.25) is 153 Å². The maximum Gasteiger partial charge on any atom is 0.144 e. The lowest BCUT2D eigenvalue weighted by Crippen LogP contribution is -2.60. The lowest BCUT2D eigenvalue weighted by Gasteiger charge is -2.39. The van der Waals surface area contributed by atoms with Crippen molar-refractivity contribution < 1.29 is 0 Å². The third-order valence-electron chi connectivity index (χ3n) is 15.4. The van der Waals surface area contributed by atoms with Gasteiger partial charge in [0.05, 0.1) is 48.4 Å². The first-order valence-electron chi connectivity index (χ1n) is 23.5. The van der Waals surface area contributed by atoms with Crippen molar-refractivity contribution in [3.63, 3.8) is 0 Å². The van der Waals surface area contributed by atoms with Gasteiger partial charge in [-0.25, -0.2) is 0 Å². The van der Waals surface area contributed by atoms with Crippen molar-refractivity contribution >= 4 is 78.8 Å². The van der Waals surface area contributed by atoms with Crippen LogP contribution in [-0.2, 0) is 0 Å². The summed E-state index contributed by atoms with van der Waals surface area (Å²) in [5.74, 6) is 17.2. The van der Waals surface area contributed by atoms with E-state index in [-0.39, 0.29) is 0 Å². The Hall–Kier alpha value is -0.631. The molecule has 3 rings (SSSR count). The smallest absolute Gasteiger partial charge is 0.128 e. The van der Waals surface area contributed by atoms with Gasteiger partial charge in [0.1, 0.15) is 30.4 Å².